The van der Waals surface area contributed by atoms with Gasteiger partial charge in [-0.15, -0.1) is 23.7 Å². The minimum absolute atomic E-state index is 0. The molecule has 162 valence electrons. The van der Waals surface area contributed by atoms with Crippen LogP contribution in [0.5, 0.6) is 0 Å². The molecule has 2 aromatic heterocycles. The van der Waals surface area contributed by atoms with Crippen LogP contribution in [0.3, 0.4) is 0 Å². The van der Waals surface area contributed by atoms with Crippen LogP contribution in [0.2, 0.25) is 4.34 Å². The Balaban J connectivity index is 0.00000256. The molecule has 3 aromatic rings. The molecule has 0 unspecified atom stereocenters. The maximum Gasteiger partial charge on any atom is 0.270 e. The smallest absolute Gasteiger partial charge is 0.270 e. The zero-order valence-electron chi connectivity index (χ0n) is 15.8. The Bertz CT molecular complexity index is 1020. The third-order valence-corrected chi connectivity index (χ3v) is 6.87. The summed E-state index contributed by atoms with van der Waals surface area (Å²) in [5, 5.41) is 0.348. The number of hydrogen-bond acceptors (Lipinski definition) is 6. The number of ether oxygens (including phenoxy) is 1. The van der Waals surface area contributed by atoms with E-state index in [1.807, 2.05) is 0 Å². The number of aromatic nitrogens is 1. The molecule has 3 heterocycles. The Morgan fingerprint density at radius 3 is 2.70 bits per heavy atom. The van der Waals surface area contributed by atoms with E-state index in [9.17, 15) is 13.6 Å². The van der Waals surface area contributed by atoms with E-state index in [1.165, 1.54) is 22.3 Å². The molecule has 0 spiro atoms. The third kappa shape index (κ3) is 5.27. The highest BCUT2D eigenvalue weighted by Crippen LogP contribution is 2.33. The second-order valence-electron chi connectivity index (χ2n) is 6.60. The van der Waals surface area contributed by atoms with Crippen LogP contribution in [0.4, 0.5) is 13.9 Å². The van der Waals surface area contributed by atoms with Crippen LogP contribution in [0, 0.1) is 11.6 Å². The molecular formula is C19H19Cl2F2N3O2S2. The van der Waals surface area contributed by atoms with Crippen molar-refractivity contribution in [3.8, 4) is 0 Å². The van der Waals surface area contributed by atoms with E-state index in [-0.39, 0.29) is 23.8 Å². The standard InChI is InChI=1S/C19H18ClF2N3O2S2.ClH/c20-16-3-2-14(28-16)18(26)25(5-1-4-24-6-8-27-9-7-24)19-23-17-13(22)10-12(21)11-15(17)29-19;/h2-3,10-11H,1,4-9H2;1H. The van der Waals surface area contributed by atoms with Gasteiger partial charge in [0.25, 0.3) is 5.91 Å². The zero-order valence-corrected chi connectivity index (χ0v) is 19.0. The van der Waals surface area contributed by atoms with E-state index >= 15 is 0 Å². The lowest BCUT2D eigenvalue weighted by molar-refractivity contribution is 0.0376. The number of benzene rings is 1. The van der Waals surface area contributed by atoms with Gasteiger partial charge < -0.3 is 4.74 Å². The van der Waals surface area contributed by atoms with Crippen molar-refractivity contribution in [2.75, 3.05) is 44.3 Å². The number of morpholine rings is 1. The van der Waals surface area contributed by atoms with Gasteiger partial charge in [-0.25, -0.2) is 13.8 Å². The summed E-state index contributed by atoms with van der Waals surface area (Å²) in [6, 6.07) is 5.37. The van der Waals surface area contributed by atoms with E-state index in [2.05, 4.69) is 9.88 Å². The van der Waals surface area contributed by atoms with Crippen LogP contribution in [-0.2, 0) is 4.74 Å². The van der Waals surface area contributed by atoms with Crippen LogP contribution in [0.1, 0.15) is 16.1 Å². The van der Waals surface area contributed by atoms with Crippen LogP contribution < -0.4 is 4.90 Å². The lowest BCUT2D eigenvalue weighted by atomic mass is 10.3. The summed E-state index contributed by atoms with van der Waals surface area (Å²) in [6.45, 7) is 4.36. The molecule has 1 fully saturated rings. The van der Waals surface area contributed by atoms with Gasteiger partial charge in [-0.2, -0.15) is 0 Å². The monoisotopic (exact) mass is 493 g/mol. The Hall–Kier alpha value is -1.36. The summed E-state index contributed by atoms with van der Waals surface area (Å²) < 4.78 is 33.9. The normalized spacial score (nSPS) is 14.6. The summed E-state index contributed by atoms with van der Waals surface area (Å²) in [6.07, 6.45) is 0.720. The number of halogens is 4. The molecule has 4 rings (SSSR count). The maximum absolute atomic E-state index is 14.1. The molecule has 0 aliphatic carbocycles. The average molecular weight is 494 g/mol. The highest BCUT2D eigenvalue weighted by atomic mass is 35.5. The number of anilines is 1. The van der Waals surface area contributed by atoms with E-state index in [0.29, 0.717) is 38.8 Å². The summed E-state index contributed by atoms with van der Waals surface area (Å²) in [5.74, 6) is -1.65. The first-order valence-electron chi connectivity index (χ1n) is 9.14. The molecule has 5 nitrogen and oxygen atoms in total. The van der Waals surface area contributed by atoms with Crippen molar-refractivity contribution in [1.29, 1.82) is 0 Å². The highest BCUT2D eigenvalue weighted by Gasteiger charge is 2.24. The van der Waals surface area contributed by atoms with Crippen molar-refractivity contribution >= 4 is 67.9 Å². The summed E-state index contributed by atoms with van der Waals surface area (Å²) >= 11 is 8.27. The molecule has 0 atom stereocenters. The van der Waals surface area contributed by atoms with E-state index in [4.69, 9.17) is 16.3 Å². The zero-order chi connectivity index (χ0) is 20.4. The van der Waals surface area contributed by atoms with Gasteiger partial charge in [0.05, 0.1) is 27.1 Å². The molecule has 1 aromatic carbocycles. The molecule has 1 aliphatic heterocycles. The number of hydrogen-bond donors (Lipinski definition) is 0. The number of carbonyl (C=O) groups is 1. The van der Waals surface area contributed by atoms with Crippen molar-refractivity contribution in [2.45, 2.75) is 6.42 Å². The fraction of sp³-hybridized carbons (Fsp3) is 0.368. The number of nitrogens with zero attached hydrogens (tertiary/aromatic N) is 3. The van der Waals surface area contributed by atoms with Crippen LogP contribution >= 0.6 is 46.7 Å². The molecular weight excluding hydrogens is 475 g/mol. The largest absolute Gasteiger partial charge is 0.379 e. The molecule has 1 saturated heterocycles. The number of carbonyl (C=O) groups excluding carboxylic acids is 1. The Morgan fingerprint density at radius 2 is 2.00 bits per heavy atom. The van der Waals surface area contributed by atoms with E-state index in [1.54, 1.807) is 12.1 Å². The van der Waals surface area contributed by atoms with E-state index < -0.39 is 11.6 Å². The molecule has 0 radical (unpaired) electrons. The molecule has 0 N–H and O–H groups in total. The number of amides is 1. The predicted octanol–water partition coefficient (Wildman–Crippen LogP) is 5.08. The van der Waals surface area contributed by atoms with Gasteiger partial charge in [0.2, 0.25) is 0 Å². The van der Waals surface area contributed by atoms with E-state index in [0.717, 1.165) is 43.5 Å². The van der Waals surface area contributed by atoms with Gasteiger partial charge in [0.15, 0.2) is 10.9 Å². The second-order valence-corrected chi connectivity index (χ2v) is 9.32. The minimum atomic E-state index is -0.734. The van der Waals surface area contributed by atoms with Gasteiger partial charge in [-0.3, -0.25) is 14.6 Å². The second kappa shape index (κ2) is 10.3. The van der Waals surface area contributed by atoms with Crippen molar-refractivity contribution in [3.05, 3.63) is 45.1 Å². The fourth-order valence-electron chi connectivity index (χ4n) is 3.18. The van der Waals surface area contributed by atoms with Gasteiger partial charge in [0.1, 0.15) is 11.3 Å². The summed E-state index contributed by atoms with van der Waals surface area (Å²) in [5.41, 5.74) is 0.0709. The molecule has 1 aliphatic rings. The fourth-order valence-corrected chi connectivity index (χ4v) is 5.21. The Morgan fingerprint density at radius 1 is 1.23 bits per heavy atom. The number of rotatable bonds is 6. The number of thiophene rings is 1. The van der Waals surface area contributed by atoms with Crippen molar-refractivity contribution < 1.29 is 18.3 Å². The lowest BCUT2D eigenvalue weighted by Gasteiger charge is -2.27. The SMILES string of the molecule is Cl.O=C(c1ccc(Cl)s1)N(CCCN1CCOCC1)c1nc2c(F)cc(F)cc2s1. The molecule has 30 heavy (non-hydrogen) atoms. The molecule has 0 saturated carbocycles. The van der Waals surface area contributed by atoms with Crippen LogP contribution in [0.15, 0.2) is 24.3 Å². The van der Waals surface area contributed by atoms with Gasteiger partial charge in [-0.1, -0.05) is 22.9 Å². The first-order valence-corrected chi connectivity index (χ1v) is 11.2. The van der Waals surface area contributed by atoms with Crippen molar-refractivity contribution in [1.82, 2.24) is 9.88 Å². The lowest BCUT2D eigenvalue weighted by Crippen LogP contribution is -2.39. The minimum Gasteiger partial charge on any atom is -0.379 e. The van der Waals surface area contributed by atoms with Gasteiger partial charge in [-0.05, 0) is 24.6 Å². The maximum atomic E-state index is 14.1. The third-order valence-electron chi connectivity index (χ3n) is 4.62. The van der Waals surface area contributed by atoms with Crippen LogP contribution in [-0.4, -0.2) is 55.2 Å². The highest BCUT2D eigenvalue weighted by molar-refractivity contribution is 7.22. The van der Waals surface area contributed by atoms with Crippen LogP contribution in [0.25, 0.3) is 10.2 Å². The summed E-state index contributed by atoms with van der Waals surface area (Å²) in [4.78, 5) is 21.7. The first-order chi connectivity index (χ1) is 14.0. The quantitative estimate of drug-likeness (QED) is 0.480. The van der Waals surface area contributed by atoms with Crippen molar-refractivity contribution in [3.63, 3.8) is 0 Å². The topological polar surface area (TPSA) is 45.7 Å². The Kier molecular flexibility index (Phi) is 8.00. The summed E-state index contributed by atoms with van der Waals surface area (Å²) in [7, 11) is 0. The van der Waals surface area contributed by atoms with Gasteiger partial charge in [0, 0.05) is 32.2 Å². The Labute approximate surface area is 191 Å². The molecule has 1 amide bonds. The molecule has 11 heteroatoms. The molecule has 0 bridgehead atoms. The first kappa shape index (κ1) is 23.3. The number of thiazole rings is 1. The van der Waals surface area contributed by atoms with Crippen molar-refractivity contribution in [2.24, 2.45) is 0 Å². The average Bonchev–Trinajstić information content (AvgIpc) is 3.32. The van der Waals surface area contributed by atoms with Gasteiger partial charge >= 0.3 is 0 Å². The number of fused-ring (bicyclic) bond motifs is 1. The predicted molar refractivity (Wildman–Crippen MR) is 120 cm³/mol.